The molecule has 6 heteroatoms. The van der Waals surface area contributed by atoms with E-state index < -0.39 is 23.6 Å². The number of benzene rings is 1. The summed E-state index contributed by atoms with van der Waals surface area (Å²) in [5.41, 5.74) is 5.58. The summed E-state index contributed by atoms with van der Waals surface area (Å²) in [6, 6.07) is 8.83. The lowest BCUT2D eigenvalue weighted by atomic mass is 9.80. The number of hydrogen-bond acceptors (Lipinski definition) is 6. The first-order valence-electron chi connectivity index (χ1n) is 7.83. The van der Waals surface area contributed by atoms with Crippen LogP contribution >= 0.6 is 0 Å². The number of hydrogen-bond donors (Lipinski definition) is 1. The lowest BCUT2D eigenvalue weighted by Crippen LogP contribution is -2.72. The van der Waals surface area contributed by atoms with Crippen LogP contribution in [0.25, 0.3) is 0 Å². The van der Waals surface area contributed by atoms with Crippen molar-refractivity contribution in [2.45, 2.75) is 43.0 Å². The van der Waals surface area contributed by atoms with Gasteiger partial charge >= 0.3 is 11.9 Å². The highest BCUT2D eigenvalue weighted by atomic mass is 16.6. The number of carbonyl (C=O) groups excluding carboxylic acids is 2. The molecule has 23 heavy (non-hydrogen) atoms. The van der Waals surface area contributed by atoms with Crippen LogP contribution in [0.4, 0.5) is 0 Å². The molecule has 0 aromatic heterocycles. The van der Waals surface area contributed by atoms with Crippen LogP contribution in [0.5, 0.6) is 0 Å². The topological polar surface area (TPSA) is 81.9 Å². The highest BCUT2D eigenvalue weighted by Crippen LogP contribution is 2.41. The van der Waals surface area contributed by atoms with Crippen LogP contribution in [0, 0.1) is 0 Å². The van der Waals surface area contributed by atoms with Gasteiger partial charge in [-0.25, -0.2) is 9.59 Å². The van der Waals surface area contributed by atoms with Crippen molar-refractivity contribution >= 4 is 11.9 Å². The largest absolute Gasteiger partial charge is 0.467 e. The molecule has 2 fully saturated rings. The van der Waals surface area contributed by atoms with Crippen molar-refractivity contribution in [1.29, 1.82) is 0 Å². The Balaban J connectivity index is 1.87. The van der Waals surface area contributed by atoms with E-state index in [2.05, 4.69) is 4.90 Å². The minimum atomic E-state index is -1.33. The Hall–Kier alpha value is -1.92. The molecule has 4 atom stereocenters. The summed E-state index contributed by atoms with van der Waals surface area (Å²) < 4.78 is 10.6. The third-order valence-corrected chi connectivity index (χ3v) is 5.21. The highest BCUT2D eigenvalue weighted by molar-refractivity contribution is 5.90. The summed E-state index contributed by atoms with van der Waals surface area (Å²) in [5, 5.41) is 0. The Morgan fingerprint density at radius 2 is 1.96 bits per heavy atom. The second kappa shape index (κ2) is 5.94. The Bertz CT molecular complexity index is 606. The minimum Gasteiger partial charge on any atom is -0.467 e. The Kier molecular flexibility index (Phi) is 4.12. The van der Waals surface area contributed by atoms with Crippen LogP contribution in [0.3, 0.4) is 0 Å². The average Bonchev–Trinajstić information content (AvgIpc) is 2.86. The summed E-state index contributed by atoms with van der Waals surface area (Å²) in [6.45, 7) is 0. The summed E-state index contributed by atoms with van der Waals surface area (Å²) in [7, 11) is 3.27. The van der Waals surface area contributed by atoms with Gasteiger partial charge in [0.2, 0.25) is 0 Å². The van der Waals surface area contributed by atoms with Crippen molar-refractivity contribution in [3.8, 4) is 0 Å². The molecule has 2 saturated heterocycles. The van der Waals surface area contributed by atoms with Gasteiger partial charge in [-0.1, -0.05) is 18.2 Å². The van der Waals surface area contributed by atoms with Crippen molar-refractivity contribution in [2.75, 3.05) is 14.2 Å². The summed E-state index contributed by atoms with van der Waals surface area (Å²) in [5.74, 6) is -0.987. The lowest BCUT2D eigenvalue weighted by molar-refractivity contribution is -0.159. The van der Waals surface area contributed by atoms with Crippen molar-refractivity contribution in [3.05, 3.63) is 35.9 Å². The molecule has 6 nitrogen and oxygen atoms in total. The second-order valence-corrected chi connectivity index (χ2v) is 6.33. The van der Waals surface area contributed by atoms with E-state index in [1.807, 2.05) is 13.1 Å². The molecule has 2 N–H and O–H groups in total. The third-order valence-electron chi connectivity index (χ3n) is 5.21. The van der Waals surface area contributed by atoms with Crippen LogP contribution in [-0.4, -0.2) is 54.7 Å². The molecule has 0 aliphatic carbocycles. The Morgan fingerprint density at radius 1 is 1.26 bits per heavy atom. The number of rotatable bonds is 3. The van der Waals surface area contributed by atoms with Crippen molar-refractivity contribution in [1.82, 2.24) is 4.90 Å². The molecule has 0 spiro atoms. The lowest BCUT2D eigenvalue weighted by Gasteiger charge is -2.47. The number of esters is 2. The number of carbonyl (C=O) groups is 2. The van der Waals surface area contributed by atoms with Gasteiger partial charge in [0.25, 0.3) is 0 Å². The number of ether oxygens (including phenoxy) is 2. The molecular formula is C17H22N2O4. The zero-order valence-electron chi connectivity index (χ0n) is 13.4. The van der Waals surface area contributed by atoms with Crippen LogP contribution in [0.1, 0.15) is 29.6 Å². The molecule has 2 heterocycles. The van der Waals surface area contributed by atoms with Crippen LogP contribution in [0.15, 0.2) is 30.3 Å². The maximum atomic E-state index is 12.4. The molecule has 124 valence electrons. The van der Waals surface area contributed by atoms with E-state index >= 15 is 0 Å². The maximum absolute atomic E-state index is 12.4. The van der Waals surface area contributed by atoms with E-state index in [1.165, 1.54) is 7.11 Å². The zero-order chi connectivity index (χ0) is 16.6. The standard InChI is InChI=1S/C17H22N2O4/c1-19-12-8-9-13(19)17(18,16(21)22-2)14(10-12)23-15(20)11-6-4-3-5-7-11/h3-7,12-14H,8-10,18H2,1-2H3/t12-,13+,14+,17-/m1/s1. The molecule has 0 unspecified atom stereocenters. The van der Waals surface area contributed by atoms with Crippen molar-refractivity contribution < 1.29 is 19.1 Å². The minimum absolute atomic E-state index is 0.178. The highest BCUT2D eigenvalue weighted by Gasteiger charge is 2.60. The number of methoxy groups -OCH3 is 1. The van der Waals surface area contributed by atoms with Gasteiger partial charge in [-0.2, -0.15) is 0 Å². The molecule has 0 saturated carbocycles. The van der Waals surface area contributed by atoms with Crippen molar-refractivity contribution in [2.24, 2.45) is 5.73 Å². The van der Waals surface area contributed by atoms with Crippen molar-refractivity contribution in [3.63, 3.8) is 0 Å². The summed E-state index contributed by atoms with van der Waals surface area (Å²) >= 11 is 0. The molecule has 2 bridgehead atoms. The fraction of sp³-hybridized carbons (Fsp3) is 0.529. The molecule has 3 rings (SSSR count). The smallest absolute Gasteiger partial charge is 0.338 e. The van der Waals surface area contributed by atoms with Gasteiger partial charge in [0, 0.05) is 18.5 Å². The fourth-order valence-corrected chi connectivity index (χ4v) is 3.89. The number of piperidine rings is 1. The second-order valence-electron chi connectivity index (χ2n) is 6.33. The van der Waals surface area contributed by atoms with Gasteiger partial charge in [0.05, 0.1) is 12.7 Å². The van der Waals surface area contributed by atoms with Gasteiger partial charge in [0.1, 0.15) is 6.10 Å². The molecule has 1 aromatic carbocycles. The van der Waals surface area contributed by atoms with Gasteiger partial charge in [-0.15, -0.1) is 0 Å². The van der Waals surface area contributed by atoms with Gasteiger partial charge in [0.15, 0.2) is 5.54 Å². The molecule has 1 aromatic rings. The molecule has 2 aliphatic heterocycles. The monoisotopic (exact) mass is 318 g/mol. The van der Waals surface area contributed by atoms with Gasteiger partial charge in [-0.3, -0.25) is 4.90 Å². The molecule has 2 aliphatic rings. The van der Waals surface area contributed by atoms with E-state index in [4.69, 9.17) is 15.2 Å². The summed E-state index contributed by atoms with van der Waals surface area (Å²) in [4.78, 5) is 26.9. The summed E-state index contributed by atoms with van der Waals surface area (Å²) in [6.07, 6.45) is 1.59. The van der Waals surface area contributed by atoms with E-state index in [0.29, 0.717) is 12.0 Å². The predicted octanol–water partition coefficient (Wildman–Crippen LogP) is 0.949. The first-order chi connectivity index (χ1) is 11.0. The maximum Gasteiger partial charge on any atom is 0.338 e. The zero-order valence-corrected chi connectivity index (χ0v) is 13.4. The first kappa shape index (κ1) is 16.0. The normalized spacial score (nSPS) is 33.3. The average molecular weight is 318 g/mol. The SMILES string of the molecule is COC(=O)[C@]1(N)[C@@H](OC(=O)c2ccccc2)C[C@H]2CC[C@@H]1N2C. The van der Waals surface area contributed by atoms with E-state index in [-0.39, 0.29) is 12.1 Å². The Morgan fingerprint density at radius 3 is 2.61 bits per heavy atom. The quantitative estimate of drug-likeness (QED) is 0.836. The molecular weight excluding hydrogens is 296 g/mol. The van der Waals surface area contributed by atoms with Gasteiger partial charge < -0.3 is 15.2 Å². The number of fused-ring (bicyclic) bond motifs is 2. The van der Waals surface area contributed by atoms with E-state index in [0.717, 1.165) is 12.8 Å². The predicted molar refractivity (Wildman–Crippen MR) is 83.8 cm³/mol. The van der Waals surface area contributed by atoms with Crippen LogP contribution < -0.4 is 5.73 Å². The van der Waals surface area contributed by atoms with Gasteiger partial charge in [-0.05, 0) is 32.0 Å². The number of nitrogens with two attached hydrogens (primary N) is 1. The van der Waals surface area contributed by atoms with Crippen LogP contribution in [-0.2, 0) is 14.3 Å². The fourth-order valence-electron chi connectivity index (χ4n) is 3.89. The molecule has 0 radical (unpaired) electrons. The number of nitrogens with zero attached hydrogens (tertiary/aromatic N) is 1. The van der Waals surface area contributed by atoms with E-state index in [1.54, 1.807) is 24.3 Å². The Labute approximate surface area is 135 Å². The third kappa shape index (κ3) is 2.52. The van der Waals surface area contributed by atoms with Crippen LogP contribution in [0.2, 0.25) is 0 Å². The molecule has 0 amide bonds. The number of likely N-dealkylation sites (N-methyl/N-ethyl adjacent to an activating group) is 1. The first-order valence-corrected chi connectivity index (χ1v) is 7.83. The van der Waals surface area contributed by atoms with E-state index in [9.17, 15) is 9.59 Å².